The van der Waals surface area contributed by atoms with E-state index in [2.05, 4.69) is 0 Å². The molecular weight excluding hydrogens is 383 g/mol. The number of rotatable bonds is 9. The summed E-state index contributed by atoms with van der Waals surface area (Å²) >= 11 is 0. The number of carbonyl (C=O) groups excluding carboxylic acids is 1. The number of allylic oxidation sites excluding steroid dienone is 3. The van der Waals surface area contributed by atoms with Gasteiger partial charge in [-0.1, -0.05) is 17.7 Å². The largest absolute Gasteiger partial charge is 0.507 e. The van der Waals surface area contributed by atoms with Crippen molar-refractivity contribution in [3.8, 4) is 11.5 Å². The fourth-order valence-electron chi connectivity index (χ4n) is 3.05. The maximum atomic E-state index is 12.5. The molecule has 2 rings (SSSR count). The SMILES string of the molecule is CCOP(=O)(/C=C/C(C)=C/Cc1c(O)c2c(c(C)c1OC)COC2=O)OCC. The minimum Gasteiger partial charge on any atom is -0.507 e. The van der Waals surface area contributed by atoms with Crippen LogP contribution in [0.2, 0.25) is 0 Å². The van der Waals surface area contributed by atoms with Crippen LogP contribution in [0.3, 0.4) is 0 Å². The van der Waals surface area contributed by atoms with Crippen LogP contribution in [0, 0.1) is 6.92 Å². The van der Waals surface area contributed by atoms with E-state index in [1.807, 2.05) is 19.9 Å². The molecule has 0 radical (unpaired) electrons. The fraction of sp³-hybridized carbons (Fsp3) is 0.450. The zero-order chi connectivity index (χ0) is 20.9. The van der Waals surface area contributed by atoms with E-state index in [-0.39, 0.29) is 31.1 Å². The van der Waals surface area contributed by atoms with Crippen LogP contribution in [0.4, 0.5) is 0 Å². The minimum absolute atomic E-state index is 0.123. The van der Waals surface area contributed by atoms with Gasteiger partial charge >= 0.3 is 13.6 Å². The van der Waals surface area contributed by atoms with Gasteiger partial charge in [-0.15, -0.1) is 0 Å². The highest BCUT2D eigenvalue weighted by Gasteiger charge is 2.31. The molecule has 1 aliphatic rings. The van der Waals surface area contributed by atoms with Crippen molar-refractivity contribution in [1.82, 2.24) is 0 Å². The van der Waals surface area contributed by atoms with Crippen LogP contribution in [-0.2, 0) is 31.4 Å². The summed E-state index contributed by atoms with van der Waals surface area (Å²) in [6, 6.07) is 0. The maximum absolute atomic E-state index is 12.5. The molecule has 7 nitrogen and oxygen atoms in total. The zero-order valence-corrected chi connectivity index (χ0v) is 17.8. The number of ether oxygens (including phenoxy) is 2. The lowest BCUT2D eigenvalue weighted by atomic mass is 9.95. The number of phenolic OH excluding ortho intramolecular Hbond substituents is 1. The van der Waals surface area contributed by atoms with Crippen LogP contribution in [0.5, 0.6) is 11.5 Å². The second-order valence-electron chi connectivity index (χ2n) is 6.26. The van der Waals surface area contributed by atoms with Gasteiger partial charge in [0.05, 0.1) is 20.3 Å². The van der Waals surface area contributed by atoms with Crippen molar-refractivity contribution in [2.75, 3.05) is 20.3 Å². The lowest BCUT2D eigenvalue weighted by Gasteiger charge is -2.15. The first kappa shape index (κ1) is 22.2. The number of carbonyl (C=O) groups is 1. The third kappa shape index (κ3) is 4.66. The number of esters is 1. The molecule has 0 amide bonds. The molecule has 8 heteroatoms. The molecule has 0 aliphatic carbocycles. The van der Waals surface area contributed by atoms with Crippen molar-refractivity contribution >= 4 is 13.6 Å². The van der Waals surface area contributed by atoms with Gasteiger partial charge in [0.1, 0.15) is 23.7 Å². The number of hydrogen-bond acceptors (Lipinski definition) is 7. The molecule has 0 fully saturated rings. The molecule has 0 atom stereocenters. The Hall–Kier alpha value is -2.08. The van der Waals surface area contributed by atoms with Crippen molar-refractivity contribution < 1.29 is 33.0 Å². The summed E-state index contributed by atoms with van der Waals surface area (Å²) in [7, 11) is -1.76. The zero-order valence-electron chi connectivity index (χ0n) is 16.9. The van der Waals surface area contributed by atoms with Gasteiger partial charge in [-0.25, -0.2) is 4.79 Å². The molecule has 1 aromatic rings. The van der Waals surface area contributed by atoms with Gasteiger partial charge in [0.25, 0.3) is 0 Å². The maximum Gasteiger partial charge on any atom is 0.354 e. The van der Waals surface area contributed by atoms with E-state index in [0.717, 1.165) is 11.1 Å². The average Bonchev–Trinajstić information content (AvgIpc) is 3.04. The molecule has 0 spiro atoms. The van der Waals surface area contributed by atoms with Crippen LogP contribution >= 0.6 is 7.60 Å². The Morgan fingerprint density at radius 2 is 1.93 bits per heavy atom. The lowest BCUT2D eigenvalue weighted by Crippen LogP contribution is -2.03. The highest BCUT2D eigenvalue weighted by molar-refractivity contribution is 7.57. The highest BCUT2D eigenvalue weighted by atomic mass is 31.2. The van der Waals surface area contributed by atoms with E-state index in [4.69, 9.17) is 18.5 Å². The van der Waals surface area contributed by atoms with Crippen molar-refractivity contribution in [3.05, 3.63) is 45.8 Å². The second kappa shape index (κ2) is 9.41. The van der Waals surface area contributed by atoms with Gasteiger partial charge < -0.3 is 23.6 Å². The quantitative estimate of drug-likeness (QED) is 0.360. The molecule has 28 heavy (non-hydrogen) atoms. The molecule has 0 bridgehead atoms. The van der Waals surface area contributed by atoms with Crippen LogP contribution in [0.15, 0.2) is 23.5 Å². The Bertz CT molecular complexity index is 845. The molecular formula is C20H27O7P. The molecule has 1 aliphatic heterocycles. The normalized spacial score (nSPS) is 14.5. The molecule has 1 heterocycles. The number of hydrogen-bond donors (Lipinski definition) is 1. The number of benzene rings is 1. The van der Waals surface area contributed by atoms with Crippen LogP contribution in [0.25, 0.3) is 0 Å². The van der Waals surface area contributed by atoms with Crippen LogP contribution in [0.1, 0.15) is 47.8 Å². The van der Waals surface area contributed by atoms with Gasteiger partial charge in [0.2, 0.25) is 0 Å². The molecule has 154 valence electrons. The smallest absolute Gasteiger partial charge is 0.354 e. The highest BCUT2D eigenvalue weighted by Crippen LogP contribution is 2.49. The summed E-state index contributed by atoms with van der Waals surface area (Å²) in [6.07, 6.45) is 3.81. The topological polar surface area (TPSA) is 91.3 Å². The van der Waals surface area contributed by atoms with Gasteiger partial charge in [0.15, 0.2) is 0 Å². The minimum atomic E-state index is -3.28. The Balaban J connectivity index is 2.32. The Morgan fingerprint density at radius 1 is 1.29 bits per heavy atom. The molecule has 0 unspecified atom stereocenters. The third-order valence-electron chi connectivity index (χ3n) is 4.41. The average molecular weight is 410 g/mol. The third-order valence-corrected chi connectivity index (χ3v) is 6.16. The monoisotopic (exact) mass is 410 g/mol. The Kier molecular flexibility index (Phi) is 7.47. The molecule has 0 saturated heterocycles. The molecule has 1 aromatic carbocycles. The summed E-state index contributed by atoms with van der Waals surface area (Å²) in [6.45, 7) is 7.85. The van der Waals surface area contributed by atoms with Crippen molar-refractivity contribution in [2.24, 2.45) is 0 Å². The van der Waals surface area contributed by atoms with Crippen molar-refractivity contribution in [1.29, 1.82) is 0 Å². The lowest BCUT2D eigenvalue weighted by molar-refractivity contribution is 0.0533. The predicted octanol–water partition coefficient (Wildman–Crippen LogP) is 4.65. The second-order valence-corrected chi connectivity index (χ2v) is 8.15. The van der Waals surface area contributed by atoms with Gasteiger partial charge in [-0.2, -0.15) is 0 Å². The fourth-order valence-corrected chi connectivity index (χ4v) is 4.44. The van der Waals surface area contributed by atoms with E-state index in [9.17, 15) is 14.5 Å². The Labute approximate surface area is 165 Å². The van der Waals surface area contributed by atoms with Gasteiger partial charge in [-0.3, -0.25) is 4.57 Å². The summed E-state index contributed by atoms with van der Waals surface area (Å²) in [5.74, 6) is 1.29. The first-order valence-electron chi connectivity index (χ1n) is 9.11. The number of cyclic esters (lactones) is 1. The molecule has 0 saturated carbocycles. The van der Waals surface area contributed by atoms with E-state index < -0.39 is 13.6 Å². The summed E-state index contributed by atoms with van der Waals surface area (Å²) in [5, 5.41) is 10.6. The van der Waals surface area contributed by atoms with Gasteiger partial charge in [0, 0.05) is 16.9 Å². The van der Waals surface area contributed by atoms with E-state index in [0.29, 0.717) is 23.3 Å². The first-order valence-corrected chi connectivity index (χ1v) is 10.7. The molecule has 1 N–H and O–H groups in total. The van der Waals surface area contributed by atoms with Crippen LogP contribution < -0.4 is 4.74 Å². The molecule has 0 aromatic heterocycles. The van der Waals surface area contributed by atoms with E-state index in [1.54, 1.807) is 19.9 Å². The van der Waals surface area contributed by atoms with E-state index >= 15 is 0 Å². The van der Waals surface area contributed by atoms with E-state index in [1.165, 1.54) is 12.9 Å². The predicted molar refractivity (Wildman–Crippen MR) is 106 cm³/mol. The number of fused-ring (bicyclic) bond motifs is 1. The first-order chi connectivity index (χ1) is 13.3. The standard InChI is InChI=1S/C20H27O7P/c1-6-26-28(23,27-7-2)11-10-13(3)8-9-15-18(21)17-16(12-25-20(17)22)14(4)19(15)24-5/h8,10-11,21H,6-7,9,12H2,1-5H3/b11-10+,13-8+. The number of phenols is 1. The number of aromatic hydroxyl groups is 1. The summed E-state index contributed by atoms with van der Waals surface area (Å²) in [5.41, 5.74) is 2.92. The Morgan fingerprint density at radius 3 is 2.50 bits per heavy atom. The van der Waals surface area contributed by atoms with Crippen molar-refractivity contribution in [2.45, 2.75) is 40.7 Å². The summed E-state index contributed by atoms with van der Waals surface area (Å²) < 4.78 is 33.5. The number of methoxy groups -OCH3 is 1. The van der Waals surface area contributed by atoms with Crippen molar-refractivity contribution in [3.63, 3.8) is 0 Å². The summed E-state index contributed by atoms with van der Waals surface area (Å²) in [4.78, 5) is 12.0. The van der Waals surface area contributed by atoms with Crippen LogP contribution in [-0.4, -0.2) is 31.4 Å². The van der Waals surface area contributed by atoms with Gasteiger partial charge in [-0.05, 0) is 39.7 Å².